The second-order valence-corrected chi connectivity index (χ2v) is 7.04. The summed E-state index contributed by atoms with van der Waals surface area (Å²) in [5, 5.41) is 23.2. The van der Waals surface area contributed by atoms with E-state index in [1.165, 1.54) is 12.1 Å². The Morgan fingerprint density at radius 3 is 2.48 bits per heavy atom. The zero-order valence-electron chi connectivity index (χ0n) is 15.7. The third-order valence-corrected chi connectivity index (χ3v) is 4.61. The van der Waals surface area contributed by atoms with Gasteiger partial charge in [-0.05, 0) is 66.6 Å². The van der Waals surface area contributed by atoms with E-state index in [0.717, 1.165) is 17.5 Å². The molecule has 0 aromatic heterocycles. The number of halogens is 1. The van der Waals surface area contributed by atoms with Crippen molar-refractivity contribution < 1.29 is 19.7 Å². The number of carboxylic acids is 1. The van der Waals surface area contributed by atoms with Crippen LogP contribution >= 0.6 is 11.6 Å². The second-order valence-electron chi connectivity index (χ2n) is 6.61. The summed E-state index contributed by atoms with van der Waals surface area (Å²) in [6.07, 6.45) is 0.138. The first-order chi connectivity index (χ1) is 14.0. The van der Waals surface area contributed by atoms with Crippen LogP contribution in [0.1, 0.15) is 27.6 Å². The van der Waals surface area contributed by atoms with Crippen LogP contribution in [0.3, 0.4) is 0 Å². The normalized spacial score (nSPS) is 11.8. The molecule has 0 spiro atoms. The van der Waals surface area contributed by atoms with Gasteiger partial charge in [0.05, 0.1) is 11.7 Å². The molecule has 29 heavy (non-hydrogen) atoms. The molecule has 0 aliphatic rings. The molecule has 3 rings (SSSR count). The Hall–Kier alpha value is -2.86. The van der Waals surface area contributed by atoms with Crippen molar-refractivity contribution in [1.29, 1.82) is 0 Å². The third-order valence-electron chi connectivity index (χ3n) is 4.38. The van der Waals surface area contributed by atoms with Gasteiger partial charge in [0.15, 0.2) is 0 Å². The fourth-order valence-electron chi connectivity index (χ4n) is 2.90. The highest BCUT2D eigenvalue weighted by Crippen LogP contribution is 2.23. The number of nitrogens with one attached hydrogen (secondary N) is 1. The molecule has 0 saturated heterocycles. The van der Waals surface area contributed by atoms with Crippen molar-refractivity contribution in [3.8, 4) is 11.5 Å². The summed E-state index contributed by atoms with van der Waals surface area (Å²) < 4.78 is 5.79. The first-order valence-corrected chi connectivity index (χ1v) is 9.63. The summed E-state index contributed by atoms with van der Waals surface area (Å²) in [5.41, 5.74) is 2.03. The first-order valence-electron chi connectivity index (χ1n) is 9.25. The number of hydrogen-bond acceptors (Lipinski definition) is 4. The maximum atomic E-state index is 11.1. The van der Waals surface area contributed by atoms with E-state index < -0.39 is 12.1 Å². The van der Waals surface area contributed by atoms with E-state index in [2.05, 4.69) is 5.32 Å². The summed E-state index contributed by atoms with van der Waals surface area (Å²) >= 11 is 5.95. The molecule has 3 N–H and O–H groups in total. The predicted molar refractivity (Wildman–Crippen MR) is 113 cm³/mol. The van der Waals surface area contributed by atoms with Crippen LogP contribution in [-0.4, -0.2) is 29.3 Å². The van der Waals surface area contributed by atoms with Gasteiger partial charge in [-0.2, -0.15) is 0 Å². The Labute approximate surface area is 174 Å². The Kier molecular flexibility index (Phi) is 7.25. The first kappa shape index (κ1) is 20.9. The summed E-state index contributed by atoms with van der Waals surface area (Å²) in [4.78, 5) is 11.1. The largest absolute Gasteiger partial charge is 0.478 e. The molecule has 3 aromatic carbocycles. The van der Waals surface area contributed by atoms with Gasteiger partial charge in [-0.25, -0.2) is 4.79 Å². The fraction of sp³-hybridized carbons (Fsp3) is 0.174. The van der Waals surface area contributed by atoms with E-state index in [1.54, 1.807) is 24.3 Å². The number of hydrogen-bond donors (Lipinski definition) is 3. The molecular weight excluding hydrogens is 390 g/mol. The minimum absolute atomic E-state index is 0.182. The predicted octanol–water partition coefficient (Wildman–Crippen LogP) is 4.70. The Bertz CT molecular complexity index is 976. The molecule has 0 amide bonds. The number of carbonyl (C=O) groups is 1. The van der Waals surface area contributed by atoms with Crippen molar-refractivity contribution in [2.24, 2.45) is 0 Å². The summed E-state index contributed by atoms with van der Waals surface area (Å²) in [6.45, 7) is 1.12. The molecule has 3 aromatic rings. The van der Waals surface area contributed by atoms with Gasteiger partial charge in [-0.15, -0.1) is 0 Å². The smallest absolute Gasteiger partial charge is 0.335 e. The highest BCUT2D eigenvalue weighted by molar-refractivity contribution is 6.30. The SMILES string of the molecule is O=C(O)c1cccc(Oc2cccc(CCNC[C@H](O)c3cccc(Cl)c3)c2)c1. The number of aromatic carboxylic acids is 1. The maximum absolute atomic E-state index is 11.1. The molecule has 0 aliphatic heterocycles. The number of ether oxygens (including phenoxy) is 1. The van der Waals surface area contributed by atoms with Crippen LogP contribution in [0.5, 0.6) is 11.5 Å². The monoisotopic (exact) mass is 411 g/mol. The molecule has 5 nitrogen and oxygen atoms in total. The Balaban J connectivity index is 1.51. The number of aliphatic hydroxyl groups excluding tert-OH is 1. The van der Waals surface area contributed by atoms with Crippen LogP contribution in [0.4, 0.5) is 0 Å². The van der Waals surface area contributed by atoms with Crippen molar-refractivity contribution >= 4 is 17.6 Å². The van der Waals surface area contributed by atoms with Crippen LogP contribution < -0.4 is 10.1 Å². The van der Waals surface area contributed by atoms with Crippen LogP contribution in [-0.2, 0) is 6.42 Å². The fourth-order valence-corrected chi connectivity index (χ4v) is 3.10. The number of rotatable bonds is 9. The van der Waals surface area contributed by atoms with Crippen LogP contribution in [0.2, 0.25) is 5.02 Å². The van der Waals surface area contributed by atoms with Gasteiger partial charge < -0.3 is 20.3 Å². The average Bonchev–Trinajstić information content (AvgIpc) is 2.71. The number of carboxylic acid groups (broad SMARTS) is 1. The molecule has 0 heterocycles. The lowest BCUT2D eigenvalue weighted by atomic mass is 10.1. The molecule has 0 fully saturated rings. The Morgan fingerprint density at radius 1 is 1.00 bits per heavy atom. The zero-order chi connectivity index (χ0) is 20.6. The van der Waals surface area contributed by atoms with Gasteiger partial charge in [0.2, 0.25) is 0 Å². The lowest BCUT2D eigenvalue weighted by Crippen LogP contribution is -2.23. The van der Waals surface area contributed by atoms with Crippen molar-refractivity contribution in [2.45, 2.75) is 12.5 Å². The molecule has 6 heteroatoms. The van der Waals surface area contributed by atoms with Gasteiger partial charge in [-0.3, -0.25) is 0 Å². The van der Waals surface area contributed by atoms with Gasteiger partial charge >= 0.3 is 5.97 Å². The molecule has 0 radical (unpaired) electrons. The number of benzene rings is 3. The quantitative estimate of drug-likeness (QED) is 0.445. The van der Waals surface area contributed by atoms with Crippen LogP contribution in [0.15, 0.2) is 72.8 Å². The molecule has 1 atom stereocenters. The van der Waals surface area contributed by atoms with E-state index in [-0.39, 0.29) is 5.56 Å². The summed E-state index contributed by atoms with van der Waals surface area (Å²) in [6, 6.07) is 21.2. The lowest BCUT2D eigenvalue weighted by molar-refractivity contribution is 0.0696. The van der Waals surface area contributed by atoms with Gasteiger partial charge in [-0.1, -0.05) is 41.9 Å². The topological polar surface area (TPSA) is 78.8 Å². The molecule has 150 valence electrons. The van der Waals surface area contributed by atoms with Crippen molar-refractivity contribution in [3.63, 3.8) is 0 Å². The van der Waals surface area contributed by atoms with Crippen molar-refractivity contribution in [3.05, 3.63) is 94.5 Å². The Morgan fingerprint density at radius 2 is 1.72 bits per heavy atom. The van der Waals surface area contributed by atoms with Crippen LogP contribution in [0, 0.1) is 0 Å². The van der Waals surface area contributed by atoms with Crippen molar-refractivity contribution in [1.82, 2.24) is 5.32 Å². The molecule has 0 bridgehead atoms. The minimum Gasteiger partial charge on any atom is -0.478 e. The highest BCUT2D eigenvalue weighted by atomic mass is 35.5. The van der Waals surface area contributed by atoms with Gasteiger partial charge in [0, 0.05) is 11.6 Å². The van der Waals surface area contributed by atoms with E-state index in [9.17, 15) is 9.90 Å². The van der Waals surface area contributed by atoms with Gasteiger partial charge in [0.1, 0.15) is 11.5 Å². The van der Waals surface area contributed by atoms with E-state index >= 15 is 0 Å². The molecule has 0 saturated carbocycles. The van der Waals surface area contributed by atoms with E-state index in [0.29, 0.717) is 29.6 Å². The molecular formula is C23H22ClNO4. The average molecular weight is 412 g/mol. The second kappa shape index (κ2) is 10.1. The summed E-state index contributed by atoms with van der Waals surface area (Å²) in [5.74, 6) is 0.129. The molecule has 0 aliphatic carbocycles. The lowest BCUT2D eigenvalue weighted by Gasteiger charge is -2.13. The number of aliphatic hydroxyl groups is 1. The van der Waals surface area contributed by atoms with Gasteiger partial charge in [0.25, 0.3) is 0 Å². The van der Waals surface area contributed by atoms with E-state index in [1.807, 2.05) is 36.4 Å². The zero-order valence-corrected chi connectivity index (χ0v) is 16.5. The van der Waals surface area contributed by atoms with Crippen LogP contribution in [0.25, 0.3) is 0 Å². The third kappa shape index (κ3) is 6.32. The molecule has 0 unspecified atom stereocenters. The summed E-state index contributed by atoms with van der Waals surface area (Å²) in [7, 11) is 0. The highest BCUT2D eigenvalue weighted by Gasteiger charge is 2.08. The maximum Gasteiger partial charge on any atom is 0.335 e. The van der Waals surface area contributed by atoms with E-state index in [4.69, 9.17) is 21.4 Å². The standard InChI is InChI=1S/C23H22ClNO4/c24-19-7-2-5-17(13-19)22(26)15-25-11-10-16-4-1-8-20(12-16)29-21-9-3-6-18(14-21)23(27)28/h1-9,12-14,22,25-26H,10-11,15H2,(H,27,28)/t22-/m0/s1. The van der Waals surface area contributed by atoms with Crippen molar-refractivity contribution in [2.75, 3.05) is 13.1 Å². The minimum atomic E-state index is -0.991.